The Bertz CT molecular complexity index is 974. The number of pyridine rings is 1. The second kappa shape index (κ2) is 5.72. The fourth-order valence-corrected chi connectivity index (χ4v) is 2.66. The number of rotatable bonds is 3. The van der Waals surface area contributed by atoms with Crippen molar-refractivity contribution in [1.82, 2.24) is 14.1 Å². The second-order valence-electron chi connectivity index (χ2n) is 5.54. The molecular weight excluding hydrogens is 292 g/mol. The van der Waals surface area contributed by atoms with Gasteiger partial charge in [0, 0.05) is 26.3 Å². The van der Waals surface area contributed by atoms with Crippen LogP contribution in [0.3, 0.4) is 0 Å². The van der Waals surface area contributed by atoms with Gasteiger partial charge in [0.25, 0.3) is 5.56 Å². The molecule has 0 saturated heterocycles. The molecule has 6 heteroatoms. The Hall–Kier alpha value is -2.89. The molecule has 0 fully saturated rings. The maximum Gasteiger partial charge on any atom is 0.332 e. The highest BCUT2D eigenvalue weighted by Gasteiger charge is 2.15. The van der Waals surface area contributed by atoms with E-state index in [-0.39, 0.29) is 17.3 Å². The predicted octanol–water partition coefficient (Wildman–Crippen LogP) is 1.81. The van der Waals surface area contributed by atoms with Crippen LogP contribution in [-0.2, 0) is 14.1 Å². The van der Waals surface area contributed by atoms with Crippen molar-refractivity contribution in [3.63, 3.8) is 0 Å². The summed E-state index contributed by atoms with van der Waals surface area (Å²) >= 11 is 0. The normalized spacial score (nSPS) is 12.3. The van der Waals surface area contributed by atoms with Gasteiger partial charge in [-0.15, -0.1) is 0 Å². The molecule has 3 rings (SSSR count). The SMILES string of the molecule is CC(Nc1ccnc2c1c(=O)n(C)c(=O)n2C)c1ccccc1. The highest BCUT2D eigenvalue weighted by Crippen LogP contribution is 2.22. The van der Waals surface area contributed by atoms with E-state index in [1.54, 1.807) is 19.3 Å². The molecule has 0 aliphatic rings. The molecule has 0 aliphatic carbocycles. The summed E-state index contributed by atoms with van der Waals surface area (Å²) in [5, 5.41) is 3.76. The number of hydrogen-bond acceptors (Lipinski definition) is 4. The minimum absolute atomic E-state index is 0.0174. The van der Waals surface area contributed by atoms with Gasteiger partial charge in [-0.25, -0.2) is 9.78 Å². The summed E-state index contributed by atoms with van der Waals surface area (Å²) in [6, 6.07) is 11.7. The molecule has 23 heavy (non-hydrogen) atoms. The lowest BCUT2D eigenvalue weighted by atomic mass is 10.1. The van der Waals surface area contributed by atoms with Gasteiger partial charge in [0.15, 0.2) is 5.65 Å². The molecule has 0 aliphatic heterocycles. The smallest absolute Gasteiger partial charge is 0.332 e. The van der Waals surface area contributed by atoms with Crippen LogP contribution in [0.2, 0.25) is 0 Å². The van der Waals surface area contributed by atoms with Gasteiger partial charge in [-0.1, -0.05) is 30.3 Å². The molecule has 2 heterocycles. The number of hydrogen-bond donors (Lipinski definition) is 1. The first-order valence-electron chi connectivity index (χ1n) is 7.37. The van der Waals surface area contributed by atoms with Crippen LogP contribution in [0.15, 0.2) is 52.2 Å². The molecule has 0 bridgehead atoms. The molecule has 1 aromatic carbocycles. The maximum atomic E-state index is 12.5. The zero-order valence-electron chi connectivity index (χ0n) is 13.3. The third kappa shape index (κ3) is 2.52. The average Bonchev–Trinajstić information content (AvgIpc) is 2.58. The Morgan fingerprint density at radius 1 is 1.04 bits per heavy atom. The summed E-state index contributed by atoms with van der Waals surface area (Å²) in [5.41, 5.74) is 1.42. The number of anilines is 1. The third-order valence-electron chi connectivity index (χ3n) is 4.01. The van der Waals surface area contributed by atoms with Crippen LogP contribution in [0.5, 0.6) is 0 Å². The van der Waals surface area contributed by atoms with Crippen LogP contribution in [0, 0.1) is 0 Å². The second-order valence-corrected chi connectivity index (χ2v) is 5.54. The molecule has 2 aromatic heterocycles. The van der Waals surface area contributed by atoms with Gasteiger partial charge in [0.05, 0.1) is 5.69 Å². The Morgan fingerprint density at radius 3 is 2.43 bits per heavy atom. The summed E-state index contributed by atoms with van der Waals surface area (Å²) < 4.78 is 2.48. The first kappa shape index (κ1) is 15.0. The monoisotopic (exact) mass is 310 g/mol. The quantitative estimate of drug-likeness (QED) is 0.801. The van der Waals surface area contributed by atoms with Crippen molar-refractivity contribution in [2.45, 2.75) is 13.0 Å². The van der Waals surface area contributed by atoms with E-state index in [0.29, 0.717) is 16.7 Å². The lowest BCUT2D eigenvalue weighted by Gasteiger charge is -2.17. The first-order valence-corrected chi connectivity index (χ1v) is 7.37. The number of benzene rings is 1. The van der Waals surface area contributed by atoms with Crippen LogP contribution in [-0.4, -0.2) is 14.1 Å². The van der Waals surface area contributed by atoms with E-state index in [1.165, 1.54) is 11.6 Å². The molecule has 0 radical (unpaired) electrons. The summed E-state index contributed by atoms with van der Waals surface area (Å²) in [6.45, 7) is 2.02. The Kier molecular flexibility index (Phi) is 3.73. The number of aryl methyl sites for hydroxylation is 1. The van der Waals surface area contributed by atoms with Gasteiger partial charge in [-0.2, -0.15) is 0 Å². The molecule has 118 valence electrons. The van der Waals surface area contributed by atoms with E-state index in [4.69, 9.17) is 0 Å². The molecule has 3 aromatic rings. The van der Waals surface area contributed by atoms with Crippen molar-refractivity contribution in [1.29, 1.82) is 0 Å². The van der Waals surface area contributed by atoms with Crippen LogP contribution < -0.4 is 16.6 Å². The predicted molar refractivity (Wildman–Crippen MR) is 90.7 cm³/mol. The topological polar surface area (TPSA) is 68.9 Å². The van der Waals surface area contributed by atoms with Crippen molar-refractivity contribution in [3.8, 4) is 0 Å². The summed E-state index contributed by atoms with van der Waals surface area (Å²) in [5.74, 6) is 0. The molecule has 1 atom stereocenters. The van der Waals surface area contributed by atoms with Crippen LogP contribution in [0.1, 0.15) is 18.5 Å². The van der Waals surface area contributed by atoms with Gasteiger partial charge in [0.2, 0.25) is 0 Å². The van der Waals surface area contributed by atoms with E-state index in [2.05, 4.69) is 10.3 Å². The number of nitrogens with one attached hydrogen (secondary N) is 1. The van der Waals surface area contributed by atoms with Gasteiger partial charge in [0.1, 0.15) is 5.39 Å². The molecule has 1 N–H and O–H groups in total. The Labute approximate surface area is 133 Å². The number of fused-ring (bicyclic) bond motifs is 1. The van der Waals surface area contributed by atoms with Gasteiger partial charge >= 0.3 is 5.69 Å². The standard InChI is InChI=1S/C17H18N4O2/c1-11(12-7-5-4-6-8-12)19-13-9-10-18-15-14(13)16(22)21(3)17(23)20(15)2/h4-11H,1-3H3,(H,18,19). The number of nitrogens with zero attached hydrogens (tertiary/aromatic N) is 3. The van der Waals surface area contributed by atoms with Crippen molar-refractivity contribution in [3.05, 3.63) is 69.0 Å². The van der Waals surface area contributed by atoms with Gasteiger partial charge in [-0.05, 0) is 18.6 Å². The van der Waals surface area contributed by atoms with E-state index in [1.807, 2.05) is 37.3 Å². The van der Waals surface area contributed by atoms with Crippen molar-refractivity contribution < 1.29 is 0 Å². The summed E-state index contributed by atoms with van der Waals surface area (Å²) in [7, 11) is 3.09. The summed E-state index contributed by atoms with van der Waals surface area (Å²) in [4.78, 5) is 28.7. The molecule has 0 amide bonds. The number of aromatic nitrogens is 3. The highest BCUT2D eigenvalue weighted by atomic mass is 16.2. The van der Waals surface area contributed by atoms with E-state index >= 15 is 0 Å². The van der Waals surface area contributed by atoms with E-state index in [9.17, 15) is 9.59 Å². The van der Waals surface area contributed by atoms with E-state index in [0.717, 1.165) is 10.1 Å². The van der Waals surface area contributed by atoms with Crippen molar-refractivity contribution in [2.75, 3.05) is 5.32 Å². The lowest BCUT2D eigenvalue weighted by Crippen LogP contribution is -2.37. The molecule has 0 spiro atoms. The average molecular weight is 310 g/mol. The maximum absolute atomic E-state index is 12.5. The van der Waals surface area contributed by atoms with Crippen LogP contribution in [0.4, 0.5) is 5.69 Å². The Balaban J connectivity index is 2.16. The lowest BCUT2D eigenvalue weighted by molar-refractivity contribution is 0.707. The fourth-order valence-electron chi connectivity index (χ4n) is 2.66. The summed E-state index contributed by atoms with van der Waals surface area (Å²) in [6.07, 6.45) is 1.60. The highest BCUT2D eigenvalue weighted by molar-refractivity contribution is 5.88. The fraction of sp³-hybridized carbons (Fsp3) is 0.235. The van der Waals surface area contributed by atoms with Crippen molar-refractivity contribution >= 4 is 16.7 Å². The van der Waals surface area contributed by atoms with Crippen LogP contribution >= 0.6 is 0 Å². The van der Waals surface area contributed by atoms with Crippen LogP contribution in [0.25, 0.3) is 11.0 Å². The zero-order chi connectivity index (χ0) is 16.6. The van der Waals surface area contributed by atoms with Gasteiger partial charge < -0.3 is 5.32 Å². The van der Waals surface area contributed by atoms with Gasteiger partial charge in [-0.3, -0.25) is 13.9 Å². The third-order valence-corrected chi connectivity index (χ3v) is 4.01. The molecule has 6 nitrogen and oxygen atoms in total. The Morgan fingerprint density at radius 2 is 1.74 bits per heavy atom. The minimum atomic E-state index is -0.386. The zero-order valence-corrected chi connectivity index (χ0v) is 13.3. The van der Waals surface area contributed by atoms with Crippen molar-refractivity contribution in [2.24, 2.45) is 14.1 Å². The first-order chi connectivity index (χ1) is 11.0. The van der Waals surface area contributed by atoms with E-state index < -0.39 is 0 Å². The molecule has 0 saturated carbocycles. The minimum Gasteiger partial charge on any atom is -0.378 e. The molecule has 1 unspecified atom stereocenters. The molecular formula is C17H18N4O2. The largest absolute Gasteiger partial charge is 0.378 e.